The molecule has 0 fully saturated rings. The zero-order valence-electron chi connectivity index (χ0n) is 19.5. The molecule has 0 spiro atoms. The number of hydrogen-bond donors (Lipinski definition) is 1. The summed E-state index contributed by atoms with van der Waals surface area (Å²) in [6.07, 6.45) is 10.6. The van der Waals surface area contributed by atoms with E-state index in [2.05, 4.69) is 31.2 Å². The second-order valence-corrected chi connectivity index (χ2v) is 7.54. The van der Waals surface area contributed by atoms with Crippen LogP contribution in [0.3, 0.4) is 0 Å². The lowest BCUT2D eigenvalue weighted by Gasteiger charge is -2.09. The van der Waals surface area contributed by atoms with Crippen LogP contribution in [0.5, 0.6) is 5.75 Å². The summed E-state index contributed by atoms with van der Waals surface area (Å²) in [5, 5.41) is 8.56. The highest BCUT2D eigenvalue weighted by Gasteiger charge is 1.98. The Morgan fingerprint density at radius 3 is 1.61 bits per heavy atom. The number of aliphatic hydroxyl groups excluding tert-OH is 1. The molecule has 0 aliphatic heterocycles. The van der Waals surface area contributed by atoms with Gasteiger partial charge in [-0.3, -0.25) is 0 Å². The Morgan fingerprint density at radius 1 is 0.581 bits per heavy atom. The van der Waals surface area contributed by atoms with Crippen molar-refractivity contribution in [3.63, 3.8) is 0 Å². The highest BCUT2D eigenvalue weighted by Crippen LogP contribution is 2.15. The predicted molar refractivity (Wildman–Crippen MR) is 124 cm³/mol. The van der Waals surface area contributed by atoms with E-state index >= 15 is 0 Å². The van der Waals surface area contributed by atoms with Crippen molar-refractivity contribution >= 4 is 0 Å². The summed E-state index contributed by atoms with van der Waals surface area (Å²) < 4.78 is 27.1. The molecule has 0 saturated carbocycles. The quantitative estimate of drug-likeness (QED) is 0.254. The second-order valence-electron chi connectivity index (χ2n) is 7.54. The minimum Gasteiger partial charge on any atom is -0.491 e. The number of aliphatic hydroxyl groups is 1. The van der Waals surface area contributed by atoms with Crippen molar-refractivity contribution in [2.75, 3.05) is 66.1 Å². The molecule has 6 nitrogen and oxygen atoms in total. The molecule has 0 unspecified atom stereocenters. The molecule has 1 aromatic rings. The molecule has 1 N–H and O–H groups in total. The smallest absolute Gasteiger partial charge is 0.119 e. The van der Waals surface area contributed by atoms with Gasteiger partial charge in [0.2, 0.25) is 0 Å². The maximum Gasteiger partial charge on any atom is 0.119 e. The minimum atomic E-state index is 0.0415. The molecule has 31 heavy (non-hydrogen) atoms. The predicted octanol–water partition coefficient (Wildman–Crippen LogP) is 4.42. The highest BCUT2D eigenvalue weighted by atomic mass is 16.6. The third-order valence-corrected chi connectivity index (χ3v) is 4.84. The van der Waals surface area contributed by atoms with Crippen molar-refractivity contribution in [1.29, 1.82) is 0 Å². The Labute approximate surface area is 189 Å². The van der Waals surface area contributed by atoms with Gasteiger partial charge in [0.15, 0.2) is 0 Å². The number of aryl methyl sites for hydroxylation is 1. The SMILES string of the molecule is CCCCCCCCCc1ccc(OCCOCCOCCOCCOCCO)cc1. The molecular formula is C25H44O6. The van der Waals surface area contributed by atoms with Crippen LogP contribution < -0.4 is 4.74 Å². The van der Waals surface area contributed by atoms with Gasteiger partial charge in [-0.1, -0.05) is 57.6 Å². The van der Waals surface area contributed by atoms with Crippen LogP contribution in [0.1, 0.15) is 57.4 Å². The molecule has 0 bridgehead atoms. The van der Waals surface area contributed by atoms with Crippen LogP contribution in [-0.4, -0.2) is 71.2 Å². The van der Waals surface area contributed by atoms with Gasteiger partial charge in [-0.05, 0) is 30.5 Å². The van der Waals surface area contributed by atoms with Gasteiger partial charge < -0.3 is 28.8 Å². The fraction of sp³-hybridized carbons (Fsp3) is 0.760. The summed E-state index contributed by atoms with van der Waals surface area (Å²) in [7, 11) is 0. The molecule has 0 saturated heterocycles. The first-order valence-corrected chi connectivity index (χ1v) is 12.0. The van der Waals surface area contributed by atoms with Crippen LogP contribution in [0.4, 0.5) is 0 Å². The summed E-state index contributed by atoms with van der Waals surface area (Å²) >= 11 is 0. The van der Waals surface area contributed by atoms with Gasteiger partial charge in [-0.2, -0.15) is 0 Å². The lowest BCUT2D eigenvalue weighted by atomic mass is 10.0. The maximum absolute atomic E-state index is 8.56. The number of unbranched alkanes of at least 4 members (excludes halogenated alkanes) is 6. The Bertz CT molecular complexity index is 479. The first-order chi connectivity index (χ1) is 15.4. The zero-order valence-corrected chi connectivity index (χ0v) is 19.5. The van der Waals surface area contributed by atoms with Crippen LogP contribution in [-0.2, 0) is 25.4 Å². The molecule has 0 amide bonds. The van der Waals surface area contributed by atoms with Gasteiger partial charge in [0.05, 0.1) is 59.5 Å². The summed E-state index contributed by atoms with van der Waals surface area (Å²) in [5.41, 5.74) is 1.39. The topological polar surface area (TPSA) is 66.4 Å². The van der Waals surface area contributed by atoms with E-state index in [1.54, 1.807) is 0 Å². The lowest BCUT2D eigenvalue weighted by molar-refractivity contribution is -0.00779. The van der Waals surface area contributed by atoms with E-state index in [1.165, 1.54) is 50.5 Å². The molecule has 1 aromatic carbocycles. The summed E-state index contributed by atoms with van der Waals surface area (Å²) in [6, 6.07) is 8.44. The summed E-state index contributed by atoms with van der Waals surface area (Å²) in [5.74, 6) is 0.892. The van der Waals surface area contributed by atoms with E-state index in [1.807, 2.05) is 0 Å². The summed E-state index contributed by atoms with van der Waals surface area (Å²) in [6.45, 7) is 6.88. The average molecular weight is 441 g/mol. The molecule has 0 radical (unpaired) electrons. The van der Waals surface area contributed by atoms with E-state index in [0.29, 0.717) is 59.5 Å². The van der Waals surface area contributed by atoms with Crippen LogP contribution in [0.2, 0.25) is 0 Å². The molecule has 0 atom stereocenters. The second kappa shape index (κ2) is 22.0. The van der Waals surface area contributed by atoms with E-state index in [-0.39, 0.29) is 6.61 Å². The van der Waals surface area contributed by atoms with Crippen molar-refractivity contribution in [2.45, 2.75) is 58.3 Å². The van der Waals surface area contributed by atoms with E-state index in [0.717, 1.165) is 12.2 Å². The van der Waals surface area contributed by atoms with Crippen molar-refractivity contribution in [3.05, 3.63) is 29.8 Å². The van der Waals surface area contributed by atoms with E-state index < -0.39 is 0 Å². The van der Waals surface area contributed by atoms with E-state index in [9.17, 15) is 0 Å². The molecular weight excluding hydrogens is 396 g/mol. The van der Waals surface area contributed by atoms with Crippen molar-refractivity contribution in [1.82, 2.24) is 0 Å². The Morgan fingerprint density at radius 2 is 1.06 bits per heavy atom. The standard InChI is InChI=1S/C25H44O6/c1-2-3-4-5-6-7-8-9-24-10-12-25(13-11-24)31-23-22-30-21-20-29-19-18-28-17-16-27-15-14-26/h10-13,26H,2-9,14-23H2,1H3. The third kappa shape index (κ3) is 18.1. The molecule has 180 valence electrons. The molecule has 0 aliphatic carbocycles. The Balaban J connectivity index is 1.87. The van der Waals surface area contributed by atoms with Gasteiger partial charge in [0.25, 0.3) is 0 Å². The summed E-state index contributed by atoms with van der Waals surface area (Å²) in [4.78, 5) is 0. The largest absolute Gasteiger partial charge is 0.491 e. The molecule has 0 heterocycles. The lowest BCUT2D eigenvalue weighted by Crippen LogP contribution is -2.14. The Kier molecular flexibility index (Phi) is 19.8. The third-order valence-electron chi connectivity index (χ3n) is 4.84. The van der Waals surface area contributed by atoms with Crippen molar-refractivity contribution in [3.8, 4) is 5.75 Å². The zero-order chi connectivity index (χ0) is 22.2. The van der Waals surface area contributed by atoms with Gasteiger partial charge in [0, 0.05) is 0 Å². The van der Waals surface area contributed by atoms with Gasteiger partial charge >= 0.3 is 0 Å². The molecule has 6 heteroatoms. The van der Waals surface area contributed by atoms with Crippen LogP contribution in [0.15, 0.2) is 24.3 Å². The number of hydrogen-bond acceptors (Lipinski definition) is 6. The van der Waals surface area contributed by atoms with Gasteiger partial charge in [0.1, 0.15) is 12.4 Å². The van der Waals surface area contributed by atoms with Crippen molar-refractivity contribution < 1.29 is 28.8 Å². The normalized spacial score (nSPS) is 11.2. The fourth-order valence-corrected chi connectivity index (χ4v) is 3.08. The first kappa shape index (κ1) is 27.9. The number of rotatable bonds is 23. The van der Waals surface area contributed by atoms with Gasteiger partial charge in [-0.15, -0.1) is 0 Å². The average Bonchev–Trinajstić information content (AvgIpc) is 2.79. The molecule has 0 aromatic heterocycles. The van der Waals surface area contributed by atoms with Crippen LogP contribution in [0, 0.1) is 0 Å². The monoisotopic (exact) mass is 440 g/mol. The van der Waals surface area contributed by atoms with Crippen molar-refractivity contribution in [2.24, 2.45) is 0 Å². The first-order valence-electron chi connectivity index (χ1n) is 12.0. The number of ether oxygens (including phenoxy) is 5. The fourth-order valence-electron chi connectivity index (χ4n) is 3.08. The minimum absolute atomic E-state index is 0.0415. The maximum atomic E-state index is 8.56. The Hall–Kier alpha value is -1.18. The molecule has 1 rings (SSSR count). The van der Waals surface area contributed by atoms with Gasteiger partial charge in [-0.25, -0.2) is 0 Å². The number of benzene rings is 1. The molecule has 0 aliphatic rings. The highest BCUT2D eigenvalue weighted by molar-refractivity contribution is 5.27. The van der Waals surface area contributed by atoms with E-state index in [4.69, 9.17) is 28.8 Å². The van der Waals surface area contributed by atoms with Crippen LogP contribution in [0.25, 0.3) is 0 Å². The van der Waals surface area contributed by atoms with Crippen LogP contribution >= 0.6 is 0 Å².